The molecule has 80 valence electrons. The molecule has 0 aromatic carbocycles. The molecule has 0 aromatic heterocycles. The smallest absolute Gasteiger partial charge is 0.116 e. The minimum Gasteiger partial charge on any atom is -0.333 e. The van der Waals surface area contributed by atoms with E-state index in [0.29, 0.717) is 6.04 Å². The fraction of sp³-hybridized carbons (Fsp3) is 0.818. The standard InChI is InChI=1S/C11H23NSi2/c1-7-11(8-2)12-13(3,4)9-10-14(12,5)6/h1,11H,8-10H2,2-6H3. The van der Waals surface area contributed by atoms with Gasteiger partial charge in [-0.1, -0.05) is 39.0 Å². The van der Waals surface area contributed by atoms with Crippen LogP contribution >= 0.6 is 0 Å². The zero-order chi connectivity index (χ0) is 11.0. The molecule has 0 saturated carbocycles. The van der Waals surface area contributed by atoms with Crippen molar-refractivity contribution in [2.45, 2.75) is 57.7 Å². The largest absolute Gasteiger partial charge is 0.333 e. The van der Waals surface area contributed by atoms with Crippen molar-refractivity contribution in [3.05, 3.63) is 0 Å². The highest BCUT2D eigenvalue weighted by atomic mass is 28.4. The average molecular weight is 225 g/mol. The third-order valence-electron chi connectivity index (χ3n) is 3.54. The molecular weight excluding hydrogens is 202 g/mol. The Morgan fingerprint density at radius 1 is 1.21 bits per heavy atom. The van der Waals surface area contributed by atoms with Crippen LogP contribution in [0.15, 0.2) is 0 Å². The SMILES string of the molecule is C#CC(CC)N1[Si](C)(C)CC[Si]1(C)C. The molecule has 1 aliphatic heterocycles. The molecule has 1 aliphatic rings. The van der Waals surface area contributed by atoms with Gasteiger partial charge in [-0.15, -0.1) is 6.42 Å². The Kier molecular flexibility index (Phi) is 3.30. The van der Waals surface area contributed by atoms with E-state index in [2.05, 4.69) is 43.3 Å². The zero-order valence-electron chi connectivity index (χ0n) is 10.2. The Morgan fingerprint density at radius 2 is 1.64 bits per heavy atom. The van der Waals surface area contributed by atoms with Crippen LogP contribution in [0.4, 0.5) is 0 Å². The maximum atomic E-state index is 5.66. The summed E-state index contributed by atoms with van der Waals surface area (Å²) in [5, 5.41) is 0. The fourth-order valence-electron chi connectivity index (χ4n) is 2.89. The quantitative estimate of drug-likeness (QED) is 0.515. The predicted octanol–water partition coefficient (Wildman–Crippen LogP) is 3.12. The van der Waals surface area contributed by atoms with Crippen molar-refractivity contribution in [2.24, 2.45) is 0 Å². The Labute approximate surface area is 91.1 Å². The van der Waals surface area contributed by atoms with Gasteiger partial charge in [-0.2, -0.15) is 0 Å². The summed E-state index contributed by atoms with van der Waals surface area (Å²) >= 11 is 0. The predicted molar refractivity (Wildman–Crippen MR) is 69.3 cm³/mol. The van der Waals surface area contributed by atoms with Gasteiger partial charge in [0.15, 0.2) is 0 Å². The molecule has 0 aliphatic carbocycles. The molecule has 1 unspecified atom stereocenters. The van der Waals surface area contributed by atoms with Gasteiger partial charge in [0.05, 0.1) is 6.04 Å². The minimum atomic E-state index is -1.16. The number of hydrogen-bond donors (Lipinski definition) is 0. The highest BCUT2D eigenvalue weighted by molar-refractivity contribution is 6.95. The summed E-state index contributed by atoms with van der Waals surface area (Å²) in [6, 6.07) is 3.32. The molecule has 1 saturated heterocycles. The van der Waals surface area contributed by atoms with Crippen LogP contribution in [0.5, 0.6) is 0 Å². The molecule has 0 spiro atoms. The van der Waals surface area contributed by atoms with Crippen LogP contribution in [-0.2, 0) is 0 Å². The number of terminal acetylenes is 1. The van der Waals surface area contributed by atoms with Crippen molar-refractivity contribution < 1.29 is 0 Å². The Bertz CT molecular complexity index is 237. The summed E-state index contributed by atoms with van der Waals surface area (Å²) in [5.41, 5.74) is 0. The monoisotopic (exact) mass is 225 g/mol. The average Bonchev–Trinajstić information content (AvgIpc) is 2.29. The number of rotatable bonds is 2. The van der Waals surface area contributed by atoms with Crippen molar-refractivity contribution in [2.75, 3.05) is 0 Å². The molecule has 14 heavy (non-hydrogen) atoms. The van der Waals surface area contributed by atoms with E-state index >= 15 is 0 Å². The van der Waals surface area contributed by atoms with Crippen LogP contribution in [0.1, 0.15) is 13.3 Å². The van der Waals surface area contributed by atoms with Gasteiger partial charge in [0.1, 0.15) is 16.5 Å². The minimum absolute atomic E-state index is 0.417. The molecular formula is C11H23NSi2. The Morgan fingerprint density at radius 3 is 1.93 bits per heavy atom. The molecule has 0 bridgehead atoms. The normalized spacial score (nSPS) is 27.1. The van der Waals surface area contributed by atoms with Crippen molar-refractivity contribution in [3.8, 4) is 12.3 Å². The van der Waals surface area contributed by atoms with E-state index in [4.69, 9.17) is 6.42 Å². The lowest BCUT2D eigenvalue weighted by atomic mass is 10.3. The topological polar surface area (TPSA) is 3.24 Å². The first-order chi connectivity index (χ1) is 6.35. The van der Waals surface area contributed by atoms with Crippen molar-refractivity contribution in [3.63, 3.8) is 0 Å². The molecule has 1 nitrogen and oxygen atoms in total. The number of nitrogens with zero attached hydrogens (tertiary/aromatic N) is 1. The molecule has 1 fully saturated rings. The lowest BCUT2D eigenvalue weighted by Crippen LogP contribution is -2.59. The van der Waals surface area contributed by atoms with E-state index < -0.39 is 16.5 Å². The van der Waals surface area contributed by atoms with E-state index in [1.807, 2.05) is 0 Å². The summed E-state index contributed by atoms with van der Waals surface area (Å²) in [6.07, 6.45) is 6.77. The van der Waals surface area contributed by atoms with Gasteiger partial charge >= 0.3 is 0 Å². The zero-order valence-corrected chi connectivity index (χ0v) is 12.2. The highest BCUT2D eigenvalue weighted by Crippen LogP contribution is 2.38. The van der Waals surface area contributed by atoms with Gasteiger partial charge in [-0.3, -0.25) is 0 Å². The van der Waals surface area contributed by atoms with Gasteiger partial charge in [0.25, 0.3) is 0 Å². The fourth-order valence-corrected chi connectivity index (χ4v) is 17.7. The summed E-state index contributed by atoms with van der Waals surface area (Å²) in [7, 11) is -2.31. The van der Waals surface area contributed by atoms with Crippen LogP contribution in [0, 0.1) is 12.3 Å². The van der Waals surface area contributed by atoms with E-state index in [-0.39, 0.29) is 0 Å². The second-order valence-corrected chi connectivity index (χ2v) is 15.2. The maximum absolute atomic E-state index is 5.66. The first kappa shape index (κ1) is 12.0. The lowest BCUT2D eigenvalue weighted by molar-refractivity contribution is 0.523. The third kappa shape index (κ3) is 1.97. The van der Waals surface area contributed by atoms with Crippen LogP contribution in [0.3, 0.4) is 0 Å². The molecule has 3 heteroatoms. The van der Waals surface area contributed by atoms with Gasteiger partial charge in [0, 0.05) is 0 Å². The molecule has 1 heterocycles. The van der Waals surface area contributed by atoms with E-state index in [9.17, 15) is 0 Å². The Balaban J connectivity index is 2.97. The molecule has 0 N–H and O–H groups in total. The maximum Gasteiger partial charge on any atom is 0.116 e. The summed E-state index contributed by atoms with van der Waals surface area (Å²) < 4.78 is 2.81. The van der Waals surface area contributed by atoms with E-state index in [1.54, 1.807) is 0 Å². The third-order valence-corrected chi connectivity index (χ3v) is 13.9. The molecule has 0 amide bonds. The van der Waals surface area contributed by atoms with Crippen LogP contribution in [0.2, 0.25) is 38.3 Å². The Hall–Kier alpha value is -0.0462. The van der Waals surface area contributed by atoms with Crippen molar-refractivity contribution in [1.29, 1.82) is 0 Å². The molecule has 0 aromatic rings. The first-order valence-electron chi connectivity index (χ1n) is 5.61. The highest BCUT2D eigenvalue weighted by Gasteiger charge is 2.49. The van der Waals surface area contributed by atoms with Gasteiger partial charge < -0.3 is 4.23 Å². The van der Waals surface area contributed by atoms with Crippen LogP contribution in [0.25, 0.3) is 0 Å². The molecule has 1 rings (SSSR count). The van der Waals surface area contributed by atoms with E-state index in [0.717, 1.165) is 6.42 Å². The van der Waals surface area contributed by atoms with Crippen molar-refractivity contribution in [1.82, 2.24) is 4.23 Å². The van der Waals surface area contributed by atoms with Crippen molar-refractivity contribution >= 4 is 16.5 Å². The van der Waals surface area contributed by atoms with Gasteiger partial charge in [0.2, 0.25) is 0 Å². The van der Waals surface area contributed by atoms with E-state index in [1.165, 1.54) is 12.1 Å². The first-order valence-corrected chi connectivity index (χ1v) is 11.9. The summed E-state index contributed by atoms with van der Waals surface area (Å²) in [6.45, 7) is 12.1. The summed E-state index contributed by atoms with van der Waals surface area (Å²) in [5.74, 6) is 3.00. The second-order valence-electron chi connectivity index (χ2n) is 5.59. The number of hydrogen-bond acceptors (Lipinski definition) is 1. The molecule has 1 atom stereocenters. The van der Waals surface area contributed by atoms with Gasteiger partial charge in [-0.05, 0) is 18.5 Å². The summed E-state index contributed by atoms with van der Waals surface area (Å²) in [4.78, 5) is 0. The lowest BCUT2D eigenvalue weighted by Gasteiger charge is -2.42. The molecule has 0 radical (unpaired) electrons. The van der Waals surface area contributed by atoms with Crippen LogP contribution in [-0.4, -0.2) is 26.7 Å². The second kappa shape index (κ2) is 3.84. The van der Waals surface area contributed by atoms with Crippen LogP contribution < -0.4 is 0 Å². The van der Waals surface area contributed by atoms with Gasteiger partial charge in [-0.25, -0.2) is 0 Å².